The summed E-state index contributed by atoms with van der Waals surface area (Å²) in [4.78, 5) is 0. The van der Waals surface area contributed by atoms with Crippen molar-refractivity contribution in [1.29, 1.82) is 0 Å². The minimum absolute atomic E-state index is 0.577. The van der Waals surface area contributed by atoms with Crippen molar-refractivity contribution in [2.75, 3.05) is 6.54 Å². The summed E-state index contributed by atoms with van der Waals surface area (Å²) in [7, 11) is 0. The van der Waals surface area contributed by atoms with E-state index in [4.69, 9.17) is 5.84 Å². The van der Waals surface area contributed by atoms with E-state index in [-0.39, 0.29) is 0 Å². The second kappa shape index (κ2) is 4.85. The number of nitrogens with two attached hydrogens (primary N) is 1. The normalized spacial score (nSPS) is 11.7. The molecule has 0 rings (SSSR count). The molecule has 0 aromatic carbocycles. The van der Waals surface area contributed by atoms with E-state index in [1.807, 2.05) is 0 Å². The largest absolute Gasteiger partial charge is 0.274 e. The average Bonchev–Trinajstić information content (AvgIpc) is 1.82. The van der Waals surface area contributed by atoms with Crippen LogP contribution in [0.2, 0.25) is 0 Å². The van der Waals surface area contributed by atoms with E-state index in [0.717, 1.165) is 6.54 Å². The molecule has 0 fully saturated rings. The zero-order valence-electron chi connectivity index (χ0n) is 6.67. The van der Waals surface area contributed by atoms with Crippen LogP contribution in [0, 0.1) is 5.92 Å². The third kappa shape index (κ3) is 5.15. The second-order valence-corrected chi connectivity index (χ2v) is 2.59. The smallest absolute Gasteiger partial charge is 0.259 e. The van der Waals surface area contributed by atoms with Crippen LogP contribution in [0.5, 0.6) is 0 Å². The Bertz CT molecular complexity index is 127. The van der Waals surface area contributed by atoms with Gasteiger partial charge >= 0.3 is 0 Å². The Morgan fingerprint density at radius 3 is 2.70 bits per heavy atom. The van der Waals surface area contributed by atoms with Crippen LogP contribution in [-0.4, -0.2) is 17.6 Å². The van der Waals surface area contributed by atoms with Gasteiger partial charge in [0.1, 0.15) is 6.54 Å². The van der Waals surface area contributed by atoms with Crippen molar-refractivity contribution in [3.05, 3.63) is 12.8 Å². The molecule has 58 valence electrons. The molecule has 0 aliphatic rings. The Balaban J connectivity index is 3.59. The standard InChI is InChI=1S/C7H15N3/c1-4-9-6-10(8)5-7(2)3/h4,6-7H,1,5,8H2,2-3H3/p+1. The van der Waals surface area contributed by atoms with E-state index < -0.39 is 0 Å². The minimum Gasteiger partial charge on any atom is -0.274 e. The Kier molecular flexibility index (Phi) is 4.37. The van der Waals surface area contributed by atoms with Crippen LogP contribution in [0.1, 0.15) is 13.8 Å². The summed E-state index contributed by atoms with van der Waals surface area (Å²) >= 11 is 0. The third-order valence-corrected chi connectivity index (χ3v) is 0.934. The molecule has 0 saturated heterocycles. The molecule has 3 nitrogen and oxygen atoms in total. The monoisotopic (exact) mass is 142 g/mol. The molecule has 0 spiro atoms. The van der Waals surface area contributed by atoms with Crippen LogP contribution in [0.4, 0.5) is 0 Å². The molecular weight excluding hydrogens is 126 g/mol. The molecule has 0 bridgehead atoms. The lowest BCUT2D eigenvalue weighted by Crippen LogP contribution is -2.29. The summed E-state index contributed by atoms with van der Waals surface area (Å²) in [6.07, 6.45) is 3.27. The number of hydrazone groups is 1. The fourth-order valence-electron chi connectivity index (χ4n) is 0.623. The highest BCUT2D eigenvalue weighted by Gasteiger charge is 1.96. The molecule has 0 aliphatic carbocycles. The van der Waals surface area contributed by atoms with Crippen molar-refractivity contribution in [2.45, 2.75) is 13.8 Å². The lowest BCUT2D eigenvalue weighted by molar-refractivity contribution is -0.542. The van der Waals surface area contributed by atoms with Crippen LogP contribution in [0.3, 0.4) is 0 Å². The first-order valence-electron chi connectivity index (χ1n) is 3.38. The SMILES string of the molecule is C=CN/C=[N+](\N)CC(C)C. The number of hydrogen-bond acceptors (Lipinski definition) is 1. The summed E-state index contributed by atoms with van der Waals surface area (Å²) in [6, 6.07) is 0. The van der Waals surface area contributed by atoms with Crippen molar-refractivity contribution < 1.29 is 4.68 Å². The first-order valence-corrected chi connectivity index (χ1v) is 3.38. The molecule has 0 unspecified atom stereocenters. The van der Waals surface area contributed by atoms with Crippen LogP contribution < -0.4 is 11.2 Å². The first-order chi connectivity index (χ1) is 4.66. The van der Waals surface area contributed by atoms with Crippen LogP contribution in [-0.2, 0) is 0 Å². The lowest BCUT2D eigenvalue weighted by atomic mass is 10.2. The molecule has 0 amide bonds. The van der Waals surface area contributed by atoms with Gasteiger partial charge < -0.3 is 0 Å². The number of rotatable bonds is 4. The zero-order valence-corrected chi connectivity index (χ0v) is 6.67. The summed E-state index contributed by atoms with van der Waals surface area (Å²) in [5, 5.41) is 2.79. The Morgan fingerprint density at radius 1 is 1.70 bits per heavy atom. The van der Waals surface area contributed by atoms with Crippen LogP contribution >= 0.6 is 0 Å². The number of hydrazine groups is 1. The van der Waals surface area contributed by atoms with E-state index >= 15 is 0 Å². The summed E-state index contributed by atoms with van der Waals surface area (Å²) in [5.74, 6) is 6.10. The molecule has 0 aromatic heterocycles. The van der Waals surface area contributed by atoms with Crippen molar-refractivity contribution in [3.8, 4) is 0 Å². The molecule has 0 radical (unpaired) electrons. The molecule has 3 N–H and O–H groups in total. The maximum atomic E-state index is 5.53. The zero-order chi connectivity index (χ0) is 7.98. The third-order valence-electron chi connectivity index (χ3n) is 0.934. The summed E-state index contributed by atoms with van der Waals surface area (Å²) in [5.41, 5.74) is 0. The Morgan fingerprint density at radius 2 is 2.30 bits per heavy atom. The van der Waals surface area contributed by atoms with Gasteiger partial charge in [0.2, 0.25) is 0 Å². The quantitative estimate of drug-likeness (QED) is 0.195. The van der Waals surface area contributed by atoms with Gasteiger partial charge in [0.05, 0.1) is 6.20 Å². The molecule has 3 heteroatoms. The highest BCUT2D eigenvalue weighted by molar-refractivity contribution is 5.49. The maximum Gasteiger partial charge on any atom is 0.259 e. The van der Waals surface area contributed by atoms with Gasteiger partial charge in [-0.2, -0.15) is 4.68 Å². The molecule has 0 saturated carbocycles. The molecule has 0 heterocycles. The highest BCUT2D eigenvalue weighted by atomic mass is 15.3. The average molecular weight is 142 g/mol. The van der Waals surface area contributed by atoms with Crippen molar-refractivity contribution in [1.82, 2.24) is 5.32 Å². The lowest BCUT2D eigenvalue weighted by Gasteiger charge is -2.01. The van der Waals surface area contributed by atoms with E-state index in [2.05, 4.69) is 25.7 Å². The number of nitrogens with one attached hydrogen (secondary N) is 1. The number of nitrogens with zero attached hydrogens (tertiary/aromatic N) is 1. The molecule has 0 aliphatic heterocycles. The highest BCUT2D eigenvalue weighted by Crippen LogP contribution is 1.87. The van der Waals surface area contributed by atoms with E-state index in [1.165, 1.54) is 0 Å². The van der Waals surface area contributed by atoms with Gasteiger partial charge in [-0.1, -0.05) is 20.4 Å². The van der Waals surface area contributed by atoms with Crippen LogP contribution in [0.25, 0.3) is 0 Å². The number of hydrogen-bond donors (Lipinski definition) is 2. The van der Waals surface area contributed by atoms with E-state index in [9.17, 15) is 0 Å². The van der Waals surface area contributed by atoms with Crippen LogP contribution in [0.15, 0.2) is 12.8 Å². The second-order valence-electron chi connectivity index (χ2n) is 2.59. The van der Waals surface area contributed by atoms with Gasteiger partial charge in [-0.25, -0.2) is 0 Å². The predicted molar refractivity (Wildman–Crippen MR) is 43.5 cm³/mol. The van der Waals surface area contributed by atoms with E-state index in [1.54, 1.807) is 17.2 Å². The van der Waals surface area contributed by atoms with Gasteiger partial charge in [0, 0.05) is 0 Å². The minimum atomic E-state index is 0.577. The fourth-order valence-corrected chi connectivity index (χ4v) is 0.623. The topological polar surface area (TPSA) is 41.1 Å². The van der Waals surface area contributed by atoms with Gasteiger partial charge in [-0.3, -0.25) is 11.2 Å². The Labute approximate surface area is 62.2 Å². The maximum absolute atomic E-state index is 5.53. The van der Waals surface area contributed by atoms with Gasteiger partial charge in [0.15, 0.2) is 0 Å². The van der Waals surface area contributed by atoms with E-state index in [0.29, 0.717) is 5.92 Å². The van der Waals surface area contributed by atoms with Crippen molar-refractivity contribution in [2.24, 2.45) is 11.8 Å². The Hall–Kier alpha value is -0.990. The predicted octanol–water partition coefficient (Wildman–Crippen LogP) is 0.290. The van der Waals surface area contributed by atoms with Crippen molar-refractivity contribution in [3.63, 3.8) is 0 Å². The molecule has 10 heavy (non-hydrogen) atoms. The van der Waals surface area contributed by atoms with Gasteiger partial charge in [-0.15, -0.1) is 0 Å². The summed E-state index contributed by atoms with van der Waals surface area (Å²) < 4.78 is 1.60. The fraction of sp³-hybridized carbons (Fsp3) is 0.571. The first kappa shape index (κ1) is 9.01. The summed E-state index contributed by atoms with van der Waals surface area (Å²) in [6.45, 7) is 8.56. The van der Waals surface area contributed by atoms with Gasteiger partial charge in [0.25, 0.3) is 6.34 Å². The molecule has 0 atom stereocenters. The van der Waals surface area contributed by atoms with Gasteiger partial charge in [-0.05, 0) is 5.92 Å². The van der Waals surface area contributed by atoms with Crippen molar-refractivity contribution >= 4 is 6.34 Å². The molecular formula is C7H16N3+. The molecule has 0 aromatic rings.